The third kappa shape index (κ3) is 4.29. The quantitative estimate of drug-likeness (QED) is 0.263. The van der Waals surface area contributed by atoms with Crippen molar-refractivity contribution in [2.45, 2.75) is 57.0 Å². The Hall–Kier alpha value is -3.08. The van der Waals surface area contributed by atoms with E-state index in [1.807, 2.05) is 13.8 Å². The van der Waals surface area contributed by atoms with Gasteiger partial charge in [-0.2, -0.15) is 0 Å². The average molecular weight is 458 g/mol. The van der Waals surface area contributed by atoms with E-state index in [-0.39, 0.29) is 23.8 Å². The van der Waals surface area contributed by atoms with Gasteiger partial charge in [0, 0.05) is 0 Å². The number of amides is 3. The zero-order chi connectivity index (χ0) is 23.9. The number of fused-ring (bicyclic) bond motifs is 1. The number of likely N-dealkylation sites (tertiary alicyclic amines) is 1. The lowest BCUT2D eigenvalue weighted by Gasteiger charge is -2.43. The van der Waals surface area contributed by atoms with Crippen molar-refractivity contribution in [3.8, 4) is 0 Å². The minimum Gasteiger partial charge on any atom is -0.455 e. The summed E-state index contributed by atoms with van der Waals surface area (Å²) in [5.74, 6) is -3.52. The highest BCUT2D eigenvalue weighted by molar-refractivity contribution is 6.23. The SMILES string of the molecule is C=C[C@H](CC[C@@H]1COC(C)(C)O1)OC(=O)C(O)N1C[C@H](N2C(=O)c3ccccc3C2=O)C1=O. The molecule has 1 N–H and O–H groups in total. The average Bonchev–Trinajstić information content (AvgIpc) is 3.26. The number of esters is 1. The van der Waals surface area contributed by atoms with E-state index in [2.05, 4.69) is 6.58 Å². The van der Waals surface area contributed by atoms with Gasteiger partial charge in [0.1, 0.15) is 12.1 Å². The van der Waals surface area contributed by atoms with Gasteiger partial charge in [0.05, 0.1) is 30.4 Å². The summed E-state index contributed by atoms with van der Waals surface area (Å²) in [7, 11) is 0. The van der Waals surface area contributed by atoms with Gasteiger partial charge in [-0.05, 0) is 38.8 Å². The fraction of sp³-hybridized carbons (Fsp3) is 0.478. The summed E-state index contributed by atoms with van der Waals surface area (Å²) in [5, 5.41) is 10.3. The van der Waals surface area contributed by atoms with Gasteiger partial charge in [0.25, 0.3) is 11.8 Å². The number of ether oxygens (including phenoxy) is 3. The van der Waals surface area contributed by atoms with Crippen LogP contribution in [0, 0.1) is 0 Å². The maximum atomic E-state index is 12.6. The molecule has 1 aromatic rings. The number of nitrogens with zero attached hydrogens (tertiary/aromatic N) is 2. The van der Waals surface area contributed by atoms with E-state index in [0.29, 0.717) is 19.4 Å². The molecular formula is C23H26N2O8. The van der Waals surface area contributed by atoms with Crippen LogP contribution in [0.4, 0.5) is 0 Å². The molecule has 4 rings (SSSR count). The first-order chi connectivity index (χ1) is 15.6. The van der Waals surface area contributed by atoms with Crippen LogP contribution in [-0.4, -0.2) is 82.0 Å². The molecule has 4 atom stereocenters. The summed E-state index contributed by atoms with van der Waals surface area (Å²) >= 11 is 0. The van der Waals surface area contributed by atoms with Gasteiger partial charge in [0.2, 0.25) is 12.1 Å². The number of hydrogen-bond donors (Lipinski definition) is 1. The second-order valence-electron chi connectivity index (χ2n) is 8.65. The Kier molecular flexibility index (Phi) is 6.08. The molecule has 2 fully saturated rings. The topological polar surface area (TPSA) is 123 Å². The van der Waals surface area contributed by atoms with Crippen LogP contribution in [0.3, 0.4) is 0 Å². The van der Waals surface area contributed by atoms with Crippen molar-refractivity contribution in [3.05, 3.63) is 48.0 Å². The van der Waals surface area contributed by atoms with E-state index in [9.17, 15) is 24.3 Å². The Morgan fingerprint density at radius 1 is 1.27 bits per heavy atom. The van der Waals surface area contributed by atoms with E-state index < -0.39 is 47.9 Å². The van der Waals surface area contributed by atoms with Gasteiger partial charge in [-0.15, -0.1) is 0 Å². The lowest BCUT2D eigenvalue weighted by Crippen LogP contribution is -2.68. The Bertz CT molecular complexity index is 971. The Balaban J connectivity index is 1.30. The molecule has 0 spiro atoms. The second kappa shape index (κ2) is 8.69. The molecule has 2 saturated heterocycles. The van der Waals surface area contributed by atoms with Crippen molar-refractivity contribution in [3.63, 3.8) is 0 Å². The molecule has 33 heavy (non-hydrogen) atoms. The molecule has 0 aliphatic carbocycles. The minimum absolute atomic E-state index is 0.150. The molecule has 3 amide bonds. The van der Waals surface area contributed by atoms with E-state index >= 15 is 0 Å². The highest BCUT2D eigenvalue weighted by Crippen LogP contribution is 2.30. The minimum atomic E-state index is -1.85. The van der Waals surface area contributed by atoms with Gasteiger partial charge >= 0.3 is 5.97 Å². The van der Waals surface area contributed by atoms with Crippen LogP contribution < -0.4 is 0 Å². The number of rotatable bonds is 8. The van der Waals surface area contributed by atoms with E-state index in [1.165, 1.54) is 18.2 Å². The van der Waals surface area contributed by atoms with Gasteiger partial charge in [-0.3, -0.25) is 19.3 Å². The molecule has 0 radical (unpaired) electrons. The molecule has 1 aromatic carbocycles. The number of β-lactam (4-membered cyclic amide) rings is 1. The lowest BCUT2D eigenvalue weighted by atomic mass is 10.1. The van der Waals surface area contributed by atoms with Crippen LogP contribution >= 0.6 is 0 Å². The van der Waals surface area contributed by atoms with Crippen molar-refractivity contribution < 1.29 is 38.5 Å². The third-order valence-corrected chi connectivity index (χ3v) is 5.95. The van der Waals surface area contributed by atoms with Crippen LogP contribution in [0.1, 0.15) is 47.4 Å². The molecule has 176 valence electrons. The molecule has 3 heterocycles. The van der Waals surface area contributed by atoms with Crippen LogP contribution in [0.5, 0.6) is 0 Å². The van der Waals surface area contributed by atoms with E-state index in [1.54, 1.807) is 12.1 Å². The maximum Gasteiger partial charge on any atom is 0.357 e. The summed E-state index contributed by atoms with van der Waals surface area (Å²) in [4.78, 5) is 51.9. The number of hydrogen-bond acceptors (Lipinski definition) is 8. The molecule has 3 aliphatic heterocycles. The predicted octanol–water partition coefficient (Wildman–Crippen LogP) is 0.841. The van der Waals surface area contributed by atoms with Crippen molar-refractivity contribution in [1.82, 2.24) is 9.80 Å². The zero-order valence-corrected chi connectivity index (χ0v) is 18.4. The predicted molar refractivity (Wildman–Crippen MR) is 113 cm³/mol. The first-order valence-electron chi connectivity index (χ1n) is 10.7. The fourth-order valence-corrected chi connectivity index (χ4v) is 4.15. The van der Waals surface area contributed by atoms with Crippen LogP contribution in [0.15, 0.2) is 36.9 Å². The van der Waals surface area contributed by atoms with Crippen molar-refractivity contribution in [2.75, 3.05) is 13.2 Å². The summed E-state index contributed by atoms with van der Waals surface area (Å²) < 4.78 is 16.5. The smallest absolute Gasteiger partial charge is 0.357 e. The Morgan fingerprint density at radius 3 is 2.42 bits per heavy atom. The molecule has 10 nitrogen and oxygen atoms in total. The summed E-state index contributed by atoms with van der Waals surface area (Å²) in [6, 6.07) is 5.22. The monoisotopic (exact) mass is 458 g/mol. The largest absolute Gasteiger partial charge is 0.455 e. The molecule has 0 saturated carbocycles. The molecule has 0 aromatic heterocycles. The third-order valence-electron chi connectivity index (χ3n) is 5.95. The standard InChI is InChI=1S/C23H26N2O8/c1-4-13(9-10-14-12-31-23(2,3)33-14)32-22(30)21(29)24-11-17(20(24)28)25-18(26)15-7-5-6-8-16(15)19(25)27/h4-8,13-14,17,21,29H,1,9-12H2,2-3H3/t13-,14-,17+,21?/m1/s1. The van der Waals surface area contributed by atoms with Gasteiger partial charge in [-0.1, -0.05) is 24.8 Å². The fourth-order valence-electron chi connectivity index (χ4n) is 4.15. The number of carbonyl (C=O) groups excluding carboxylic acids is 4. The van der Waals surface area contributed by atoms with Crippen molar-refractivity contribution >= 4 is 23.7 Å². The molecule has 10 heteroatoms. The van der Waals surface area contributed by atoms with Crippen molar-refractivity contribution in [2.24, 2.45) is 0 Å². The van der Waals surface area contributed by atoms with Crippen LogP contribution in [0.25, 0.3) is 0 Å². The molecule has 3 aliphatic rings. The van der Waals surface area contributed by atoms with E-state index in [4.69, 9.17) is 14.2 Å². The number of carbonyl (C=O) groups is 4. The normalized spacial score (nSPS) is 25.5. The summed E-state index contributed by atoms with van der Waals surface area (Å²) in [6.07, 6.45) is -0.306. The molecular weight excluding hydrogens is 432 g/mol. The maximum absolute atomic E-state index is 12.6. The molecule has 0 bridgehead atoms. The van der Waals surface area contributed by atoms with E-state index in [0.717, 1.165) is 9.80 Å². The second-order valence-corrected chi connectivity index (χ2v) is 8.65. The van der Waals surface area contributed by atoms with Gasteiger partial charge in [0.15, 0.2) is 5.79 Å². The van der Waals surface area contributed by atoms with Gasteiger partial charge in [-0.25, -0.2) is 4.79 Å². The van der Waals surface area contributed by atoms with Gasteiger partial charge < -0.3 is 24.2 Å². The Labute approximate surface area is 190 Å². The summed E-state index contributed by atoms with van der Waals surface area (Å²) in [6.45, 7) is 7.54. The zero-order valence-electron chi connectivity index (χ0n) is 18.4. The van der Waals surface area contributed by atoms with Crippen LogP contribution in [-0.2, 0) is 23.8 Å². The number of aliphatic hydroxyl groups is 1. The summed E-state index contributed by atoms with van der Waals surface area (Å²) in [5.41, 5.74) is 0.449. The first kappa shape index (κ1) is 23.1. The Morgan fingerprint density at radius 2 is 1.91 bits per heavy atom. The highest BCUT2D eigenvalue weighted by atomic mass is 16.7. The highest BCUT2D eigenvalue weighted by Gasteiger charge is 2.52. The van der Waals surface area contributed by atoms with Crippen molar-refractivity contribution in [1.29, 1.82) is 0 Å². The first-order valence-corrected chi connectivity index (χ1v) is 10.7. The van der Waals surface area contributed by atoms with Crippen LogP contribution in [0.2, 0.25) is 0 Å². The number of benzene rings is 1. The number of aliphatic hydroxyl groups excluding tert-OH is 1. The number of imide groups is 1. The lowest BCUT2D eigenvalue weighted by molar-refractivity contribution is -0.184. The molecule has 1 unspecified atom stereocenters.